The molecule has 2 aromatic rings. The van der Waals surface area contributed by atoms with Crippen molar-refractivity contribution >= 4 is 27.5 Å². The van der Waals surface area contributed by atoms with Crippen LogP contribution in [0.4, 0.5) is 5.69 Å². The number of fused-ring (bicyclic) bond motifs is 1. The molecule has 0 unspecified atom stereocenters. The Balaban J connectivity index is 1.46. The maximum absolute atomic E-state index is 12.6. The standard InChI is InChI=1S/C20H20N2O5S/c23-18-9-10-19(24)22(18)16-5-7-17(8-6-16)28(26,27)21-13-20(25)11-14-3-1-2-4-15(14)12-20/h1-8,21,25H,9-13H2. The molecular weight excluding hydrogens is 380 g/mol. The van der Waals surface area contributed by atoms with Gasteiger partial charge in [0.25, 0.3) is 0 Å². The molecule has 1 aliphatic carbocycles. The van der Waals surface area contributed by atoms with Gasteiger partial charge in [-0.15, -0.1) is 0 Å². The van der Waals surface area contributed by atoms with Crippen LogP contribution in [0.1, 0.15) is 24.0 Å². The van der Waals surface area contributed by atoms with Gasteiger partial charge in [-0.05, 0) is 35.4 Å². The van der Waals surface area contributed by atoms with Crippen LogP contribution in [0.2, 0.25) is 0 Å². The molecule has 0 aromatic heterocycles. The second-order valence-corrected chi connectivity index (χ2v) is 9.05. The number of anilines is 1. The lowest BCUT2D eigenvalue weighted by Crippen LogP contribution is -2.43. The molecule has 2 amide bonds. The third-order valence-corrected chi connectivity index (χ3v) is 6.62. The first-order chi connectivity index (χ1) is 13.3. The van der Waals surface area contributed by atoms with Gasteiger partial charge in [0.15, 0.2) is 0 Å². The summed E-state index contributed by atoms with van der Waals surface area (Å²) in [6, 6.07) is 13.2. The summed E-state index contributed by atoms with van der Waals surface area (Å²) in [5.41, 5.74) is 1.24. The third kappa shape index (κ3) is 3.46. The van der Waals surface area contributed by atoms with E-state index in [-0.39, 0.29) is 36.1 Å². The Morgan fingerprint density at radius 2 is 1.46 bits per heavy atom. The highest BCUT2D eigenvalue weighted by Crippen LogP contribution is 2.30. The van der Waals surface area contributed by atoms with Crippen LogP contribution in [0.25, 0.3) is 0 Å². The van der Waals surface area contributed by atoms with Crippen molar-refractivity contribution in [3.8, 4) is 0 Å². The van der Waals surface area contributed by atoms with Crippen LogP contribution < -0.4 is 9.62 Å². The Morgan fingerprint density at radius 1 is 0.929 bits per heavy atom. The van der Waals surface area contributed by atoms with Crippen LogP contribution in [0.15, 0.2) is 53.4 Å². The summed E-state index contributed by atoms with van der Waals surface area (Å²) < 4.78 is 27.7. The van der Waals surface area contributed by atoms with E-state index < -0.39 is 15.6 Å². The van der Waals surface area contributed by atoms with Gasteiger partial charge in [-0.3, -0.25) is 14.5 Å². The molecule has 0 spiro atoms. The first-order valence-electron chi connectivity index (χ1n) is 9.02. The summed E-state index contributed by atoms with van der Waals surface area (Å²) in [6.07, 6.45) is 1.12. The zero-order valence-corrected chi connectivity index (χ0v) is 15.9. The molecule has 0 atom stereocenters. The van der Waals surface area contributed by atoms with Gasteiger partial charge in [-0.25, -0.2) is 13.1 Å². The maximum Gasteiger partial charge on any atom is 0.240 e. The Labute approximate surface area is 163 Å². The fourth-order valence-electron chi connectivity index (χ4n) is 3.75. The lowest BCUT2D eigenvalue weighted by molar-refractivity contribution is -0.121. The minimum atomic E-state index is -3.84. The Kier molecular flexibility index (Phi) is 4.57. The van der Waals surface area contributed by atoms with E-state index in [0.717, 1.165) is 16.0 Å². The van der Waals surface area contributed by atoms with Crippen LogP contribution in [-0.2, 0) is 32.5 Å². The number of nitrogens with one attached hydrogen (secondary N) is 1. The highest BCUT2D eigenvalue weighted by atomic mass is 32.2. The molecule has 7 nitrogen and oxygen atoms in total. The zero-order valence-electron chi connectivity index (χ0n) is 15.1. The van der Waals surface area contributed by atoms with Crippen LogP contribution in [0.3, 0.4) is 0 Å². The normalized spacial score (nSPS) is 18.5. The van der Waals surface area contributed by atoms with Gasteiger partial charge in [0.05, 0.1) is 16.2 Å². The Morgan fingerprint density at radius 3 is 2.00 bits per heavy atom. The number of carbonyl (C=O) groups excluding carboxylic acids is 2. The number of hydrogen-bond donors (Lipinski definition) is 2. The monoisotopic (exact) mass is 400 g/mol. The average molecular weight is 400 g/mol. The summed E-state index contributed by atoms with van der Waals surface area (Å²) in [7, 11) is -3.84. The van der Waals surface area contributed by atoms with Crippen molar-refractivity contribution in [2.75, 3.05) is 11.4 Å². The molecule has 0 saturated carbocycles. The van der Waals surface area contributed by atoms with Gasteiger partial charge in [-0.2, -0.15) is 0 Å². The summed E-state index contributed by atoms with van der Waals surface area (Å²) in [5, 5.41) is 10.8. The smallest absolute Gasteiger partial charge is 0.240 e. The van der Waals surface area contributed by atoms with Crippen molar-refractivity contribution in [2.45, 2.75) is 36.2 Å². The number of aliphatic hydroxyl groups is 1. The molecule has 0 bridgehead atoms. The number of amides is 2. The SMILES string of the molecule is O=C1CCC(=O)N1c1ccc(S(=O)(=O)NCC2(O)Cc3ccccc3C2)cc1. The van der Waals surface area contributed by atoms with E-state index in [1.807, 2.05) is 24.3 Å². The minimum absolute atomic E-state index is 0.00876. The predicted molar refractivity (Wildman–Crippen MR) is 102 cm³/mol. The Hall–Kier alpha value is -2.55. The lowest BCUT2D eigenvalue weighted by Gasteiger charge is -2.22. The number of carbonyl (C=O) groups is 2. The first kappa shape index (κ1) is 18.8. The van der Waals surface area contributed by atoms with Gasteiger partial charge < -0.3 is 5.11 Å². The van der Waals surface area contributed by atoms with Crippen molar-refractivity contribution in [3.63, 3.8) is 0 Å². The van der Waals surface area contributed by atoms with Crippen molar-refractivity contribution < 1.29 is 23.1 Å². The zero-order chi connectivity index (χ0) is 19.9. The average Bonchev–Trinajstić information content (AvgIpc) is 3.19. The van der Waals surface area contributed by atoms with Crippen LogP contribution in [0.5, 0.6) is 0 Å². The molecule has 1 fully saturated rings. The summed E-state index contributed by atoms with van der Waals surface area (Å²) in [4.78, 5) is 24.7. The molecule has 1 saturated heterocycles. The van der Waals surface area contributed by atoms with Crippen molar-refractivity contribution in [2.24, 2.45) is 0 Å². The molecule has 2 aliphatic rings. The van der Waals surface area contributed by atoms with E-state index >= 15 is 0 Å². The van der Waals surface area contributed by atoms with Gasteiger partial charge >= 0.3 is 0 Å². The highest BCUT2D eigenvalue weighted by molar-refractivity contribution is 7.89. The molecule has 1 aliphatic heterocycles. The number of nitrogens with zero attached hydrogens (tertiary/aromatic N) is 1. The van der Waals surface area contributed by atoms with E-state index in [0.29, 0.717) is 18.5 Å². The first-order valence-corrected chi connectivity index (χ1v) is 10.5. The lowest BCUT2D eigenvalue weighted by atomic mass is 10.0. The number of hydrogen-bond acceptors (Lipinski definition) is 5. The van der Waals surface area contributed by atoms with E-state index in [4.69, 9.17) is 0 Å². The molecule has 146 valence electrons. The van der Waals surface area contributed by atoms with E-state index in [9.17, 15) is 23.1 Å². The summed E-state index contributed by atoms with van der Waals surface area (Å²) in [6.45, 7) is -0.102. The van der Waals surface area contributed by atoms with Crippen molar-refractivity contribution in [1.29, 1.82) is 0 Å². The minimum Gasteiger partial charge on any atom is -0.388 e. The van der Waals surface area contributed by atoms with E-state index in [2.05, 4.69) is 4.72 Å². The fourth-order valence-corrected chi connectivity index (χ4v) is 4.87. The molecule has 4 rings (SSSR count). The topological polar surface area (TPSA) is 104 Å². The quantitative estimate of drug-likeness (QED) is 0.733. The van der Waals surface area contributed by atoms with Gasteiger partial charge in [0, 0.05) is 32.2 Å². The molecule has 2 aromatic carbocycles. The molecule has 1 heterocycles. The molecule has 0 radical (unpaired) electrons. The van der Waals surface area contributed by atoms with Gasteiger partial charge in [-0.1, -0.05) is 24.3 Å². The third-order valence-electron chi connectivity index (χ3n) is 5.21. The highest BCUT2D eigenvalue weighted by Gasteiger charge is 2.36. The Bertz CT molecular complexity index is 1010. The maximum atomic E-state index is 12.6. The van der Waals surface area contributed by atoms with Crippen molar-refractivity contribution in [1.82, 2.24) is 4.72 Å². The number of benzene rings is 2. The summed E-state index contributed by atoms with van der Waals surface area (Å²) in [5.74, 6) is -0.580. The number of rotatable bonds is 5. The summed E-state index contributed by atoms with van der Waals surface area (Å²) >= 11 is 0. The molecule has 28 heavy (non-hydrogen) atoms. The predicted octanol–water partition coefficient (Wildman–Crippen LogP) is 1.15. The molecule has 2 N–H and O–H groups in total. The molecular formula is C20H20N2O5S. The van der Waals surface area contributed by atoms with Crippen LogP contribution in [-0.4, -0.2) is 37.5 Å². The van der Waals surface area contributed by atoms with E-state index in [1.165, 1.54) is 24.3 Å². The second-order valence-electron chi connectivity index (χ2n) is 7.29. The number of imide groups is 1. The van der Waals surface area contributed by atoms with Crippen molar-refractivity contribution in [3.05, 3.63) is 59.7 Å². The van der Waals surface area contributed by atoms with Gasteiger partial charge in [0.1, 0.15) is 0 Å². The largest absolute Gasteiger partial charge is 0.388 e. The second kappa shape index (κ2) is 6.80. The molecule has 8 heteroatoms. The van der Waals surface area contributed by atoms with Crippen LogP contribution >= 0.6 is 0 Å². The fraction of sp³-hybridized carbons (Fsp3) is 0.300. The van der Waals surface area contributed by atoms with Gasteiger partial charge in [0.2, 0.25) is 21.8 Å². The van der Waals surface area contributed by atoms with E-state index in [1.54, 1.807) is 0 Å². The number of sulfonamides is 1. The van der Waals surface area contributed by atoms with Crippen LogP contribution in [0, 0.1) is 0 Å².